The first-order valence-corrected chi connectivity index (χ1v) is 7.83. The number of carbonyl (C=O) groups is 1. The molecule has 1 saturated heterocycles. The Kier molecular flexibility index (Phi) is 3.79. The van der Waals surface area contributed by atoms with Crippen molar-refractivity contribution in [3.05, 3.63) is 35.9 Å². The molecular formula is C17H24N2O. The second-order valence-electron chi connectivity index (χ2n) is 6.26. The summed E-state index contributed by atoms with van der Waals surface area (Å²) in [6, 6.07) is 10.7. The highest BCUT2D eigenvalue weighted by molar-refractivity contribution is 5.84. The molecule has 2 fully saturated rings. The first-order valence-electron chi connectivity index (χ1n) is 7.83. The molecule has 1 aromatic rings. The fourth-order valence-electron chi connectivity index (χ4n) is 3.89. The minimum Gasteiger partial charge on any atom is -0.335 e. The Morgan fingerprint density at radius 3 is 2.55 bits per heavy atom. The number of carbonyl (C=O) groups excluding carboxylic acids is 1. The average Bonchev–Trinajstić information content (AvgIpc) is 3.17. The molecule has 0 aromatic heterocycles. The first-order chi connectivity index (χ1) is 9.77. The molecule has 1 amide bonds. The number of nitrogens with two attached hydrogens (primary N) is 1. The smallest absolute Gasteiger partial charge is 0.230 e. The summed E-state index contributed by atoms with van der Waals surface area (Å²) in [5.41, 5.74) is 6.97. The third kappa shape index (κ3) is 2.24. The van der Waals surface area contributed by atoms with Crippen molar-refractivity contribution >= 4 is 5.91 Å². The van der Waals surface area contributed by atoms with Gasteiger partial charge in [-0.15, -0.1) is 0 Å². The van der Waals surface area contributed by atoms with Crippen LogP contribution in [0, 0.1) is 5.41 Å². The lowest BCUT2D eigenvalue weighted by molar-refractivity contribution is -0.142. The normalized spacial score (nSPS) is 25.1. The lowest BCUT2D eigenvalue weighted by Gasteiger charge is -2.34. The maximum atomic E-state index is 13.0. The van der Waals surface area contributed by atoms with E-state index in [0.717, 1.165) is 45.1 Å². The van der Waals surface area contributed by atoms with Crippen molar-refractivity contribution in [1.29, 1.82) is 0 Å². The predicted octanol–water partition coefficient (Wildman–Crippen LogP) is 2.87. The van der Waals surface area contributed by atoms with E-state index in [1.54, 1.807) is 0 Å². The molecule has 20 heavy (non-hydrogen) atoms. The van der Waals surface area contributed by atoms with Crippen LogP contribution >= 0.6 is 0 Å². The predicted molar refractivity (Wildman–Crippen MR) is 80.1 cm³/mol. The fraction of sp³-hybridized carbons (Fsp3) is 0.588. The largest absolute Gasteiger partial charge is 0.335 e. The maximum absolute atomic E-state index is 13.0. The molecule has 1 aromatic carbocycles. The monoisotopic (exact) mass is 272 g/mol. The van der Waals surface area contributed by atoms with E-state index in [4.69, 9.17) is 5.73 Å². The van der Waals surface area contributed by atoms with E-state index in [0.29, 0.717) is 12.5 Å². The third-order valence-corrected chi connectivity index (χ3v) is 5.10. The van der Waals surface area contributed by atoms with Crippen LogP contribution in [0.2, 0.25) is 0 Å². The van der Waals surface area contributed by atoms with Gasteiger partial charge in [-0.1, -0.05) is 43.2 Å². The van der Waals surface area contributed by atoms with E-state index >= 15 is 0 Å². The second-order valence-corrected chi connectivity index (χ2v) is 6.26. The number of rotatable bonds is 3. The van der Waals surface area contributed by atoms with E-state index in [2.05, 4.69) is 29.2 Å². The number of nitrogens with zero attached hydrogens (tertiary/aromatic N) is 1. The molecule has 2 aliphatic rings. The van der Waals surface area contributed by atoms with Gasteiger partial charge in [0, 0.05) is 13.1 Å². The molecule has 108 valence electrons. The quantitative estimate of drug-likeness (QED) is 0.919. The van der Waals surface area contributed by atoms with Crippen LogP contribution < -0.4 is 5.73 Å². The fourth-order valence-corrected chi connectivity index (χ4v) is 3.89. The Labute approximate surface area is 121 Å². The second kappa shape index (κ2) is 5.57. The number of hydrogen-bond acceptors (Lipinski definition) is 2. The van der Waals surface area contributed by atoms with E-state index in [1.165, 1.54) is 5.56 Å². The van der Waals surface area contributed by atoms with Gasteiger partial charge in [-0.2, -0.15) is 0 Å². The van der Waals surface area contributed by atoms with Crippen molar-refractivity contribution in [1.82, 2.24) is 4.90 Å². The van der Waals surface area contributed by atoms with Crippen LogP contribution in [0.4, 0.5) is 0 Å². The molecule has 1 atom stereocenters. The number of amides is 1. The Balaban J connectivity index is 1.83. The zero-order valence-electron chi connectivity index (χ0n) is 12.1. The molecule has 2 N–H and O–H groups in total. The Hall–Kier alpha value is -1.35. The van der Waals surface area contributed by atoms with Crippen LogP contribution in [0.25, 0.3) is 0 Å². The summed E-state index contributed by atoms with van der Waals surface area (Å²) >= 11 is 0. The van der Waals surface area contributed by atoms with E-state index in [-0.39, 0.29) is 11.5 Å². The highest BCUT2D eigenvalue weighted by Gasteiger charge is 2.45. The van der Waals surface area contributed by atoms with Gasteiger partial charge in [0.05, 0.1) is 11.5 Å². The lowest BCUT2D eigenvalue weighted by atomic mass is 9.84. The summed E-state index contributed by atoms with van der Waals surface area (Å²) in [5, 5.41) is 0. The van der Waals surface area contributed by atoms with Gasteiger partial charge in [-0.05, 0) is 31.2 Å². The SMILES string of the molecule is NCC1(C(=O)N2CCCC2c2ccccc2)CCCC1. The first kappa shape index (κ1) is 13.6. The number of hydrogen-bond donors (Lipinski definition) is 1. The average molecular weight is 272 g/mol. The van der Waals surface area contributed by atoms with E-state index in [9.17, 15) is 4.79 Å². The van der Waals surface area contributed by atoms with E-state index in [1.807, 2.05) is 6.07 Å². The van der Waals surface area contributed by atoms with Gasteiger partial charge >= 0.3 is 0 Å². The Morgan fingerprint density at radius 1 is 1.20 bits per heavy atom. The van der Waals surface area contributed by atoms with Crippen LogP contribution in [0.5, 0.6) is 0 Å². The van der Waals surface area contributed by atoms with Crippen molar-refractivity contribution in [2.24, 2.45) is 11.1 Å². The molecule has 1 saturated carbocycles. The molecule has 0 radical (unpaired) electrons. The summed E-state index contributed by atoms with van der Waals surface area (Å²) in [4.78, 5) is 15.1. The Morgan fingerprint density at radius 2 is 1.90 bits per heavy atom. The summed E-state index contributed by atoms with van der Waals surface area (Å²) in [6.45, 7) is 1.39. The highest BCUT2D eigenvalue weighted by atomic mass is 16.2. The van der Waals surface area contributed by atoms with Crippen molar-refractivity contribution in [2.75, 3.05) is 13.1 Å². The molecule has 0 bridgehead atoms. The lowest BCUT2D eigenvalue weighted by Crippen LogP contribution is -2.46. The topological polar surface area (TPSA) is 46.3 Å². The molecule has 3 heteroatoms. The standard InChI is InChI=1S/C17H24N2O/c18-13-17(10-4-5-11-17)16(20)19-12-6-9-15(19)14-7-2-1-3-8-14/h1-3,7-8,15H,4-6,9-13,18H2. The van der Waals surface area contributed by atoms with Crippen LogP contribution in [0.3, 0.4) is 0 Å². The van der Waals surface area contributed by atoms with Crippen LogP contribution in [0.15, 0.2) is 30.3 Å². The minimum absolute atomic E-state index is 0.257. The molecule has 1 heterocycles. The highest BCUT2D eigenvalue weighted by Crippen LogP contribution is 2.42. The minimum atomic E-state index is -0.266. The van der Waals surface area contributed by atoms with Gasteiger partial charge in [0.1, 0.15) is 0 Å². The van der Waals surface area contributed by atoms with Crippen molar-refractivity contribution in [3.8, 4) is 0 Å². The number of likely N-dealkylation sites (tertiary alicyclic amines) is 1. The van der Waals surface area contributed by atoms with Crippen LogP contribution in [-0.4, -0.2) is 23.9 Å². The Bertz CT molecular complexity index is 465. The molecule has 0 spiro atoms. The van der Waals surface area contributed by atoms with Gasteiger partial charge in [-0.25, -0.2) is 0 Å². The molecule has 1 unspecified atom stereocenters. The van der Waals surface area contributed by atoms with Gasteiger partial charge in [0.2, 0.25) is 5.91 Å². The summed E-state index contributed by atoms with van der Waals surface area (Å²) in [6.07, 6.45) is 6.42. The zero-order chi connectivity index (χ0) is 14.0. The molecule has 3 rings (SSSR count). The van der Waals surface area contributed by atoms with E-state index < -0.39 is 0 Å². The third-order valence-electron chi connectivity index (χ3n) is 5.10. The van der Waals surface area contributed by atoms with Crippen molar-refractivity contribution in [3.63, 3.8) is 0 Å². The maximum Gasteiger partial charge on any atom is 0.230 e. The van der Waals surface area contributed by atoms with Crippen LogP contribution in [-0.2, 0) is 4.79 Å². The number of benzene rings is 1. The summed E-state index contributed by atoms with van der Waals surface area (Å²) in [5.74, 6) is 0.309. The van der Waals surface area contributed by atoms with Gasteiger partial charge in [0.15, 0.2) is 0 Å². The van der Waals surface area contributed by atoms with Crippen molar-refractivity contribution in [2.45, 2.75) is 44.6 Å². The summed E-state index contributed by atoms with van der Waals surface area (Å²) < 4.78 is 0. The molecule has 1 aliphatic carbocycles. The molecule has 3 nitrogen and oxygen atoms in total. The zero-order valence-corrected chi connectivity index (χ0v) is 12.1. The van der Waals surface area contributed by atoms with Gasteiger partial charge < -0.3 is 10.6 Å². The van der Waals surface area contributed by atoms with Crippen LogP contribution in [0.1, 0.15) is 50.1 Å². The van der Waals surface area contributed by atoms with Gasteiger partial charge in [0.25, 0.3) is 0 Å². The van der Waals surface area contributed by atoms with Crippen molar-refractivity contribution < 1.29 is 4.79 Å². The molecular weight excluding hydrogens is 248 g/mol. The summed E-state index contributed by atoms with van der Waals surface area (Å²) in [7, 11) is 0. The van der Waals surface area contributed by atoms with Gasteiger partial charge in [-0.3, -0.25) is 4.79 Å². The molecule has 1 aliphatic heterocycles.